The zero-order valence-corrected chi connectivity index (χ0v) is 7.14. The molecular formula is C9H16O2. The first kappa shape index (κ1) is 8.57. The van der Waals surface area contributed by atoms with Crippen LogP contribution in [0, 0.1) is 0 Å². The Balaban J connectivity index is 2.04. The van der Waals surface area contributed by atoms with E-state index in [0.29, 0.717) is 6.42 Å². The number of esters is 1. The number of cyclic esters (lactones) is 1. The number of hydrogen-bond acceptors (Lipinski definition) is 2. The van der Waals surface area contributed by atoms with Gasteiger partial charge in [0.1, 0.15) is 6.10 Å². The lowest BCUT2D eigenvalue weighted by atomic mass is 10.1. The van der Waals surface area contributed by atoms with Gasteiger partial charge in [-0.3, -0.25) is 4.79 Å². The average molecular weight is 156 g/mol. The van der Waals surface area contributed by atoms with Gasteiger partial charge < -0.3 is 4.74 Å². The van der Waals surface area contributed by atoms with Crippen molar-refractivity contribution in [3.05, 3.63) is 0 Å². The highest BCUT2D eigenvalue weighted by Gasteiger charge is 2.21. The fourth-order valence-corrected chi connectivity index (χ4v) is 1.41. The molecule has 0 N–H and O–H groups in total. The Morgan fingerprint density at radius 2 is 2.36 bits per heavy atom. The molecule has 2 heteroatoms. The standard InChI is InChI=1S/C9H16O2/c1-2-3-4-5-8-6-7-9(10)11-8/h8H,2-7H2,1H3/t8-/m1/s1. The highest BCUT2D eigenvalue weighted by Crippen LogP contribution is 2.18. The third-order valence-corrected chi connectivity index (χ3v) is 2.10. The van der Waals surface area contributed by atoms with Crippen LogP contribution in [0.15, 0.2) is 0 Å². The van der Waals surface area contributed by atoms with Gasteiger partial charge >= 0.3 is 5.97 Å². The molecule has 1 aliphatic heterocycles. The Hall–Kier alpha value is -0.530. The lowest BCUT2D eigenvalue weighted by molar-refractivity contribution is -0.141. The van der Waals surface area contributed by atoms with Crippen LogP contribution in [0.5, 0.6) is 0 Å². The Bertz CT molecular complexity index is 132. The molecule has 1 aliphatic rings. The van der Waals surface area contributed by atoms with Gasteiger partial charge in [0.15, 0.2) is 0 Å². The zero-order chi connectivity index (χ0) is 8.10. The second-order valence-corrected chi connectivity index (χ2v) is 3.15. The smallest absolute Gasteiger partial charge is 0.306 e. The number of carbonyl (C=O) groups is 1. The zero-order valence-electron chi connectivity index (χ0n) is 7.14. The van der Waals surface area contributed by atoms with Crippen molar-refractivity contribution in [1.29, 1.82) is 0 Å². The molecule has 64 valence electrons. The number of carbonyl (C=O) groups excluding carboxylic acids is 1. The quantitative estimate of drug-likeness (QED) is 0.461. The van der Waals surface area contributed by atoms with Gasteiger partial charge in [0.25, 0.3) is 0 Å². The third-order valence-electron chi connectivity index (χ3n) is 2.10. The van der Waals surface area contributed by atoms with Crippen LogP contribution >= 0.6 is 0 Å². The van der Waals surface area contributed by atoms with Crippen LogP contribution < -0.4 is 0 Å². The molecule has 2 nitrogen and oxygen atoms in total. The molecule has 1 atom stereocenters. The third kappa shape index (κ3) is 2.91. The number of rotatable bonds is 4. The Kier molecular flexibility index (Phi) is 3.40. The molecule has 0 aliphatic carbocycles. The maximum Gasteiger partial charge on any atom is 0.306 e. The molecule has 1 fully saturated rings. The summed E-state index contributed by atoms with van der Waals surface area (Å²) in [5.74, 6) is -0.00787. The molecule has 0 amide bonds. The monoisotopic (exact) mass is 156 g/mol. The Morgan fingerprint density at radius 1 is 1.55 bits per heavy atom. The van der Waals surface area contributed by atoms with Gasteiger partial charge in [-0.25, -0.2) is 0 Å². The summed E-state index contributed by atoms with van der Waals surface area (Å²) in [5.41, 5.74) is 0. The van der Waals surface area contributed by atoms with Crippen molar-refractivity contribution >= 4 is 5.97 Å². The van der Waals surface area contributed by atoms with Crippen molar-refractivity contribution in [1.82, 2.24) is 0 Å². The Labute approximate surface area is 67.9 Å². The molecule has 0 aromatic carbocycles. The molecular weight excluding hydrogens is 140 g/mol. The first-order valence-corrected chi connectivity index (χ1v) is 4.52. The number of unbranched alkanes of at least 4 members (excludes halogenated alkanes) is 2. The minimum absolute atomic E-state index is 0.00787. The van der Waals surface area contributed by atoms with Gasteiger partial charge in [0.05, 0.1) is 0 Å². The van der Waals surface area contributed by atoms with Crippen LogP contribution in [0.1, 0.15) is 45.4 Å². The van der Waals surface area contributed by atoms with E-state index in [-0.39, 0.29) is 12.1 Å². The highest BCUT2D eigenvalue weighted by atomic mass is 16.5. The minimum Gasteiger partial charge on any atom is -0.462 e. The van der Waals surface area contributed by atoms with Crippen molar-refractivity contribution in [3.63, 3.8) is 0 Å². The van der Waals surface area contributed by atoms with E-state index < -0.39 is 0 Å². The summed E-state index contributed by atoms with van der Waals surface area (Å²) in [4.78, 5) is 10.7. The van der Waals surface area contributed by atoms with E-state index in [4.69, 9.17) is 4.74 Å². The van der Waals surface area contributed by atoms with Crippen LogP contribution in [0.4, 0.5) is 0 Å². The molecule has 0 aromatic rings. The first-order valence-electron chi connectivity index (χ1n) is 4.52. The lowest BCUT2D eigenvalue weighted by Crippen LogP contribution is -2.05. The van der Waals surface area contributed by atoms with E-state index in [1.807, 2.05) is 0 Å². The van der Waals surface area contributed by atoms with Crippen LogP contribution in [0.2, 0.25) is 0 Å². The summed E-state index contributed by atoms with van der Waals surface area (Å²) in [6, 6.07) is 0. The fourth-order valence-electron chi connectivity index (χ4n) is 1.41. The molecule has 1 rings (SSSR count). The maximum atomic E-state index is 10.7. The minimum atomic E-state index is -0.00787. The van der Waals surface area contributed by atoms with Gasteiger partial charge in [-0.2, -0.15) is 0 Å². The van der Waals surface area contributed by atoms with Gasteiger partial charge in [-0.1, -0.05) is 19.8 Å². The van der Waals surface area contributed by atoms with Gasteiger partial charge in [-0.05, 0) is 19.3 Å². The summed E-state index contributed by atoms with van der Waals surface area (Å²) in [6.07, 6.45) is 6.59. The van der Waals surface area contributed by atoms with Gasteiger partial charge in [-0.15, -0.1) is 0 Å². The SMILES string of the molecule is CCCCC[C@@H]1CCC(=O)O1. The molecule has 0 unspecified atom stereocenters. The van der Waals surface area contributed by atoms with Gasteiger partial charge in [0.2, 0.25) is 0 Å². The molecule has 0 radical (unpaired) electrons. The topological polar surface area (TPSA) is 26.3 Å². The van der Waals surface area contributed by atoms with Crippen LogP contribution in [0.3, 0.4) is 0 Å². The normalized spacial score (nSPS) is 23.7. The first-order chi connectivity index (χ1) is 5.33. The highest BCUT2D eigenvalue weighted by molar-refractivity contribution is 5.71. The van der Waals surface area contributed by atoms with Crippen LogP contribution in [0.25, 0.3) is 0 Å². The fraction of sp³-hybridized carbons (Fsp3) is 0.889. The van der Waals surface area contributed by atoms with E-state index in [2.05, 4.69) is 6.92 Å². The Morgan fingerprint density at radius 3 is 2.91 bits per heavy atom. The summed E-state index contributed by atoms with van der Waals surface area (Å²) in [5, 5.41) is 0. The predicted octanol–water partition coefficient (Wildman–Crippen LogP) is 2.27. The summed E-state index contributed by atoms with van der Waals surface area (Å²) < 4.78 is 5.07. The summed E-state index contributed by atoms with van der Waals surface area (Å²) >= 11 is 0. The van der Waals surface area contributed by atoms with Gasteiger partial charge in [0, 0.05) is 6.42 Å². The molecule has 0 spiro atoms. The molecule has 0 bridgehead atoms. The van der Waals surface area contributed by atoms with E-state index in [9.17, 15) is 4.79 Å². The molecule has 0 aromatic heterocycles. The average Bonchev–Trinajstić information content (AvgIpc) is 2.37. The summed E-state index contributed by atoms with van der Waals surface area (Å²) in [6.45, 7) is 2.18. The van der Waals surface area contributed by atoms with Crippen molar-refractivity contribution in [3.8, 4) is 0 Å². The van der Waals surface area contributed by atoms with E-state index >= 15 is 0 Å². The van der Waals surface area contributed by atoms with E-state index in [1.54, 1.807) is 0 Å². The molecule has 11 heavy (non-hydrogen) atoms. The van der Waals surface area contributed by atoms with E-state index in [1.165, 1.54) is 19.3 Å². The summed E-state index contributed by atoms with van der Waals surface area (Å²) in [7, 11) is 0. The number of ether oxygens (including phenoxy) is 1. The second-order valence-electron chi connectivity index (χ2n) is 3.15. The van der Waals surface area contributed by atoms with Crippen LogP contribution in [-0.2, 0) is 9.53 Å². The lowest BCUT2D eigenvalue weighted by Gasteiger charge is -2.06. The molecule has 1 saturated heterocycles. The van der Waals surface area contributed by atoms with Crippen LogP contribution in [-0.4, -0.2) is 12.1 Å². The van der Waals surface area contributed by atoms with Crippen molar-refractivity contribution in [2.45, 2.75) is 51.6 Å². The predicted molar refractivity (Wildman–Crippen MR) is 43.3 cm³/mol. The van der Waals surface area contributed by atoms with E-state index in [0.717, 1.165) is 12.8 Å². The molecule has 0 saturated carbocycles. The van der Waals surface area contributed by atoms with Crippen molar-refractivity contribution in [2.24, 2.45) is 0 Å². The van der Waals surface area contributed by atoms with Crippen molar-refractivity contribution < 1.29 is 9.53 Å². The maximum absolute atomic E-state index is 10.7. The van der Waals surface area contributed by atoms with Crippen molar-refractivity contribution in [2.75, 3.05) is 0 Å². The molecule has 1 heterocycles. The number of hydrogen-bond donors (Lipinski definition) is 0. The largest absolute Gasteiger partial charge is 0.462 e. The second kappa shape index (κ2) is 4.37.